The van der Waals surface area contributed by atoms with Crippen molar-refractivity contribution in [2.75, 3.05) is 5.32 Å². The Bertz CT molecular complexity index is 775. The van der Waals surface area contributed by atoms with Gasteiger partial charge in [-0.05, 0) is 35.9 Å². The third-order valence-electron chi connectivity index (χ3n) is 2.48. The fourth-order valence-electron chi connectivity index (χ4n) is 1.59. The summed E-state index contributed by atoms with van der Waals surface area (Å²) in [5.41, 5.74) is 0.679. The summed E-state index contributed by atoms with van der Waals surface area (Å²) >= 11 is 17.7. The first-order chi connectivity index (χ1) is 10.1. The summed E-state index contributed by atoms with van der Waals surface area (Å²) in [6.45, 7) is 0. The number of nitrogens with one attached hydrogen (secondary N) is 1. The first-order valence-electron chi connectivity index (χ1n) is 5.75. The van der Waals surface area contributed by atoms with E-state index in [2.05, 4.69) is 25.4 Å². The SMILES string of the molecule is Clc1nc(Nc2ccc(Cl)c(Cl)c2)nc(-n2cccn2)n1. The molecule has 3 rings (SSSR count). The topological polar surface area (TPSA) is 68.5 Å². The van der Waals surface area contributed by atoms with E-state index in [1.165, 1.54) is 4.68 Å². The molecule has 3 aromatic rings. The third kappa shape index (κ3) is 3.24. The molecule has 0 spiro atoms. The molecule has 2 aromatic heterocycles. The summed E-state index contributed by atoms with van der Waals surface area (Å²) in [5, 5.41) is 7.97. The Kier molecular flexibility index (Phi) is 3.92. The van der Waals surface area contributed by atoms with Crippen molar-refractivity contribution in [3.63, 3.8) is 0 Å². The molecule has 1 aromatic carbocycles. The molecule has 0 saturated heterocycles. The van der Waals surface area contributed by atoms with Crippen molar-refractivity contribution in [2.24, 2.45) is 0 Å². The van der Waals surface area contributed by atoms with Crippen molar-refractivity contribution in [3.05, 3.63) is 52.0 Å². The van der Waals surface area contributed by atoms with Gasteiger partial charge in [0, 0.05) is 18.1 Å². The molecule has 0 aliphatic carbocycles. The second kappa shape index (κ2) is 5.85. The minimum Gasteiger partial charge on any atom is -0.324 e. The Labute approximate surface area is 134 Å². The zero-order chi connectivity index (χ0) is 14.8. The van der Waals surface area contributed by atoms with E-state index in [0.717, 1.165) is 0 Å². The van der Waals surface area contributed by atoms with E-state index >= 15 is 0 Å². The molecule has 6 nitrogen and oxygen atoms in total. The summed E-state index contributed by atoms with van der Waals surface area (Å²) in [6.07, 6.45) is 3.32. The standard InChI is InChI=1S/C12H7Cl3N6/c13-8-3-2-7(6-9(8)14)17-11-18-10(15)19-12(20-11)21-5-1-4-16-21/h1-6H,(H,17,18,19,20). The van der Waals surface area contributed by atoms with Gasteiger partial charge in [0.2, 0.25) is 11.2 Å². The van der Waals surface area contributed by atoms with Crippen LogP contribution in [0.1, 0.15) is 0 Å². The smallest absolute Gasteiger partial charge is 0.256 e. The first kappa shape index (κ1) is 14.1. The second-order valence-electron chi connectivity index (χ2n) is 3.93. The van der Waals surface area contributed by atoms with Crippen LogP contribution in [0.4, 0.5) is 11.6 Å². The van der Waals surface area contributed by atoms with Crippen molar-refractivity contribution in [3.8, 4) is 5.95 Å². The van der Waals surface area contributed by atoms with Crippen LogP contribution in [0.2, 0.25) is 15.3 Å². The summed E-state index contributed by atoms with van der Waals surface area (Å²) in [5.74, 6) is 0.585. The molecule has 0 bridgehead atoms. The van der Waals surface area contributed by atoms with Crippen LogP contribution >= 0.6 is 34.8 Å². The van der Waals surface area contributed by atoms with Crippen LogP contribution in [0.25, 0.3) is 5.95 Å². The number of hydrogen-bond acceptors (Lipinski definition) is 5. The Hall–Kier alpha value is -1.89. The highest BCUT2D eigenvalue weighted by atomic mass is 35.5. The maximum Gasteiger partial charge on any atom is 0.256 e. The van der Waals surface area contributed by atoms with Gasteiger partial charge in [0.1, 0.15) is 0 Å². The van der Waals surface area contributed by atoms with Crippen LogP contribution in [0, 0.1) is 0 Å². The summed E-state index contributed by atoms with van der Waals surface area (Å²) in [6, 6.07) is 6.84. The van der Waals surface area contributed by atoms with Crippen LogP contribution in [-0.4, -0.2) is 24.7 Å². The lowest BCUT2D eigenvalue weighted by Crippen LogP contribution is -2.06. The lowest BCUT2D eigenvalue weighted by Gasteiger charge is -2.07. The van der Waals surface area contributed by atoms with Gasteiger partial charge < -0.3 is 5.32 Å². The van der Waals surface area contributed by atoms with Crippen LogP contribution in [0.5, 0.6) is 0 Å². The molecule has 0 atom stereocenters. The van der Waals surface area contributed by atoms with Crippen LogP contribution in [-0.2, 0) is 0 Å². The van der Waals surface area contributed by atoms with Crippen molar-refractivity contribution < 1.29 is 0 Å². The fourth-order valence-corrected chi connectivity index (χ4v) is 2.04. The van der Waals surface area contributed by atoms with E-state index < -0.39 is 0 Å². The van der Waals surface area contributed by atoms with Crippen molar-refractivity contribution in [1.82, 2.24) is 24.7 Å². The molecule has 106 valence electrons. The lowest BCUT2D eigenvalue weighted by molar-refractivity contribution is 0.798. The van der Waals surface area contributed by atoms with Crippen molar-refractivity contribution in [2.45, 2.75) is 0 Å². The first-order valence-corrected chi connectivity index (χ1v) is 6.89. The molecular weight excluding hydrogens is 335 g/mol. The molecule has 0 amide bonds. The Morgan fingerprint density at radius 1 is 1.00 bits per heavy atom. The number of hydrogen-bond donors (Lipinski definition) is 1. The molecule has 0 unspecified atom stereocenters. The van der Waals surface area contributed by atoms with Crippen LogP contribution in [0.15, 0.2) is 36.7 Å². The number of aromatic nitrogens is 5. The average molecular weight is 342 g/mol. The van der Waals surface area contributed by atoms with Gasteiger partial charge in [-0.25, -0.2) is 4.68 Å². The second-order valence-corrected chi connectivity index (χ2v) is 5.09. The lowest BCUT2D eigenvalue weighted by atomic mass is 10.3. The molecule has 1 N–H and O–H groups in total. The van der Waals surface area contributed by atoms with Gasteiger partial charge in [-0.1, -0.05) is 23.2 Å². The molecule has 0 radical (unpaired) electrons. The van der Waals surface area contributed by atoms with E-state index in [9.17, 15) is 0 Å². The van der Waals surface area contributed by atoms with Crippen LogP contribution in [0.3, 0.4) is 0 Å². The van der Waals surface area contributed by atoms with Gasteiger partial charge in [-0.2, -0.15) is 20.1 Å². The zero-order valence-corrected chi connectivity index (χ0v) is 12.6. The van der Waals surface area contributed by atoms with E-state index in [0.29, 0.717) is 21.7 Å². The molecule has 21 heavy (non-hydrogen) atoms. The third-order valence-corrected chi connectivity index (χ3v) is 3.39. The van der Waals surface area contributed by atoms with Gasteiger partial charge in [-0.3, -0.25) is 0 Å². The van der Waals surface area contributed by atoms with E-state index in [4.69, 9.17) is 34.8 Å². The number of anilines is 2. The normalized spacial score (nSPS) is 10.6. The van der Waals surface area contributed by atoms with Gasteiger partial charge >= 0.3 is 0 Å². The van der Waals surface area contributed by atoms with E-state index in [1.54, 1.807) is 36.7 Å². The molecule has 9 heteroatoms. The molecule has 0 aliphatic heterocycles. The largest absolute Gasteiger partial charge is 0.324 e. The van der Waals surface area contributed by atoms with E-state index in [-0.39, 0.29) is 11.2 Å². The molecular formula is C12H7Cl3N6. The maximum atomic E-state index is 5.96. The van der Waals surface area contributed by atoms with Gasteiger partial charge in [-0.15, -0.1) is 0 Å². The van der Waals surface area contributed by atoms with Crippen molar-refractivity contribution in [1.29, 1.82) is 0 Å². The molecule has 2 heterocycles. The number of nitrogens with zero attached hydrogens (tertiary/aromatic N) is 5. The summed E-state index contributed by atoms with van der Waals surface area (Å²) in [4.78, 5) is 12.2. The Morgan fingerprint density at radius 2 is 1.86 bits per heavy atom. The highest BCUT2D eigenvalue weighted by molar-refractivity contribution is 6.42. The van der Waals surface area contributed by atoms with Gasteiger partial charge in [0.25, 0.3) is 5.95 Å². The van der Waals surface area contributed by atoms with Crippen LogP contribution < -0.4 is 5.32 Å². The Morgan fingerprint density at radius 3 is 2.57 bits per heavy atom. The molecule has 0 aliphatic rings. The van der Waals surface area contributed by atoms with Gasteiger partial charge in [0.05, 0.1) is 10.0 Å². The quantitative estimate of drug-likeness (QED) is 0.785. The number of halogens is 3. The summed E-state index contributed by atoms with van der Waals surface area (Å²) in [7, 11) is 0. The highest BCUT2D eigenvalue weighted by Gasteiger charge is 2.08. The monoisotopic (exact) mass is 340 g/mol. The minimum absolute atomic E-state index is 0.0538. The average Bonchev–Trinajstić information content (AvgIpc) is 2.96. The highest BCUT2D eigenvalue weighted by Crippen LogP contribution is 2.26. The fraction of sp³-hybridized carbons (Fsp3) is 0. The predicted molar refractivity (Wildman–Crippen MR) is 81.7 cm³/mol. The number of rotatable bonds is 3. The molecule has 0 saturated carbocycles. The maximum absolute atomic E-state index is 5.96. The zero-order valence-electron chi connectivity index (χ0n) is 10.3. The predicted octanol–water partition coefficient (Wildman–Crippen LogP) is 3.76. The van der Waals surface area contributed by atoms with Gasteiger partial charge in [0.15, 0.2) is 0 Å². The summed E-state index contributed by atoms with van der Waals surface area (Å²) < 4.78 is 1.48. The van der Waals surface area contributed by atoms with E-state index in [1.807, 2.05) is 0 Å². The Balaban J connectivity index is 1.93. The van der Waals surface area contributed by atoms with Crippen molar-refractivity contribution >= 4 is 46.4 Å². The minimum atomic E-state index is 0.0538. The number of benzene rings is 1. The molecule has 0 fully saturated rings.